The van der Waals surface area contributed by atoms with Crippen molar-refractivity contribution in [2.45, 2.75) is 37.5 Å². The summed E-state index contributed by atoms with van der Waals surface area (Å²) in [6.45, 7) is 0.163. The van der Waals surface area contributed by atoms with Gasteiger partial charge in [-0.25, -0.2) is 8.42 Å². The molecule has 3 heterocycles. The van der Waals surface area contributed by atoms with Crippen molar-refractivity contribution in [3.63, 3.8) is 0 Å². The van der Waals surface area contributed by atoms with E-state index in [1.807, 2.05) is 24.3 Å². The number of nitrogens with zero attached hydrogens (tertiary/aromatic N) is 6. The summed E-state index contributed by atoms with van der Waals surface area (Å²) < 4.78 is 26.9. The van der Waals surface area contributed by atoms with Gasteiger partial charge < -0.3 is 0 Å². The molecular formula is C17H19N6O4S+. The number of aromatic nitrogens is 3. The van der Waals surface area contributed by atoms with Crippen molar-refractivity contribution >= 4 is 22.3 Å². The molecule has 0 N–H and O–H groups in total. The summed E-state index contributed by atoms with van der Waals surface area (Å²) in [5.74, 6) is 0.287. The van der Waals surface area contributed by atoms with Gasteiger partial charge in [0.1, 0.15) is 10.6 Å². The Hall–Kier alpha value is -2.95. The first-order valence-corrected chi connectivity index (χ1v) is 10.6. The summed E-state index contributed by atoms with van der Waals surface area (Å²) >= 11 is 0. The third kappa shape index (κ3) is 3.70. The average molecular weight is 403 g/mol. The second-order valence-corrected chi connectivity index (χ2v) is 9.31. The van der Waals surface area contributed by atoms with Crippen LogP contribution in [0.15, 0.2) is 35.5 Å². The lowest BCUT2D eigenvalue weighted by Crippen LogP contribution is -2.31. The number of hydrogen-bond donors (Lipinski definition) is 0. The molecule has 0 bridgehead atoms. The van der Waals surface area contributed by atoms with E-state index < -0.39 is 21.1 Å². The molecule has 4 rings (SSSR count). The monoisotopic (exact) mass is 403 g/mol. The van der Waals surface area contributed by atoms with Crippen molar-refractivity contribution < 1.29 is 17.9 Å². The minimum atomic E-state index is -2.96. The molecule has 10 nitrogen and oxygen atoms in total. The Balaban J connectivity index is 1.43. The Morgan fingerprint density at radius 1 is 1.29 bits per heavy atom. The Bertz CT molecular complexity index is 1060. The molecule has 1 saturated heterocycles. The first kappa shape index (κ1) is 18.4. The van der Waals surface area contributed by atoms with Crippen LogP contribution >= 0.6 is 0 Å². The molecule has 1 aromatic heterocycles. The zero-order valence-corrected chi connectivity index (χ0v) is 15.8. The predicted octanol–water partition coefficient (Wildman–Crippen LogP) is 0.750. The maximum absolute atomic E-state index is 12.0. The number of nitro groups is 1. The van der Waals surface area contributed by atoms with Gasteiger partial charge >= 0.3 is 6.29 Å². The van der Waals surface area contributed by atoms with Gasteiger partial charge in [0.15, 0.2) is 16.1 Å². The number of rotatable bonds is 6. The Kier molecular flexibility index (Phi) is 4.75. The highest BCUT2D eigenvalue weighted by Gasteiger charge is 2.34. The van der Waals surface area contributed by atoms with E-state index in [2.05, 4.69) is 15.3 Å². The average Bonchev–Trinajstić information content (AvgIpc) is 3.37. The van der Waals surface area contributed by atoms with E-state index in [0.717, 1.165) is 24.0 Å². The lowest BCUT2D eigenvalue weighted by Gasteiger charge is -2.09. The maximum atomic E-state index is 12.0. The van der Waals surface area contributed by atoms with Crippen LogP contribution in [0, 0.1) is 10.1 Å². The van der Waals surface area contributed by atoms with E-state index in [9.17, 15) is 18.5 Å². The minimum absolute atomic E-state index is 0.163. The molecule has 1 fully saturated rings. The molecule has 0 radical (unpaired) electrons. The van der Waals surface area contributed by atoms with Gasteiger partial charge in [-0.05, 0) is 24.8 Å². The maximum Gasteiger partial charge on any atom is 0.502 e. The SMILES string of the molecule is O=[N+]([O-])C1N=CC=[N+]1Cn1cc(-c2ccc(CC3CCCS3(=O)=O)cc2)nn1. The van der Waals surface area contributed by atoms with Crippen LogP contribution in [0.5, 0.6) is 0 Å². The molecule has 146 valence electrons. The molecule has 2 atom stereocenters. The van der Waals surface area contributed by atoms with Crippen molar-refractivity contribution in [3.8, 4) is 11.3 Å². The molecule has 0 amide bonds. The summed E-state index contributed by atoms with van der Waals surface area (Å²) in [6.07, 6.45) is 5.50. The highest BCUT2D eigenvalue weighted by atomic mass is 32.2. The summed E-state index contributed by atoms with van der Waals surface area (Å²) in [6, 6.07) is 7.59. The molecule has 2 aliphatic rings. The van der Waals surface area contributed by atoms with Gasteiger partial charge in [-0.1, -0.05) is 29.5 Å². The number of benzene rings is 1. The first-order chi connectivity index (χ1) is 13.4. The Morgan fingerprint density at radius 2 is 2.07 bits per heavy atom. The Morgan fingerprint density at radius 3 is 2.75 bits per heavy atom. The molecular weight excluding hydrogens is 384 g/mol. The normalized spacial score (nSPS) is 23.1. The van der Waals surface area contributed by atoms with Crippen LogP contribution in [0.4, 0.5) is 0 Å². The third-order valence-electron chi connectivity index (χ3n) is 4.99. The van der Waals surface area contributed by atoms with Crippen molar-refractivity contribution in [3.05, 3.63) is 46.1 Å². The standard InChI is InChI=1S/C17H19N6O4S/c24-23(25)17-18-7-8-21(17)12-22-11-16(19-20-22)14-5-3-13(4-6-14)10-15-2-1-9-28(15,26)27/h3-8,11,15,17H,1-2,9-10,12H2/q+1. The molecule has 2 unspecified atom stereocenters. The van der Waals surface area contributed by atoms with Crippen LogP contribution in [0.1, 0.15) is 18.4 Å². The van der Waals surface area contributed by atoms with Crippen LogP contribution in [-0.4, -0.2) is 62.6 Å². The van der Waals surface area contributed by atoms with Crippen molar-refractivity contribution in [1.29, 1.82) is 0 Å². The highest BCUT2D eigenvalue weighted by Crippen LogP contribution is 2.25. The third-order valence-corrected chi connectivity index (χ3v) is 7.26. The molecule has 0 aliphatic carbocycles. The van der Waals surface area contributed by atoms with Crippen LogP contribution in [0.25, 0.3) is 11.3 Å². The van der Waals surface area contributed by atoms with E-state index >= 15 is 0 Å². The van der Waals surface area contributed by atoms with Gasteiger partial charge in [0.25, 0.3) is 0 Å². The topological polar surface area (TPSA) is 123 Å². The van der Waals surface area contributed by atoms with Crippen LogP contribution in [0.3, 0.4) is 0 Å². The number of sulfone groups is 1. The molecule has 0 spiro atoms. The fourth-order valence-corrected chi connectivity index (χ4v) is 5.36. The van der Waals surface area contributed by atoms with Crippen LogP contribution in [0.2, 0.25) is 0 Å². The van der Waals surface area contributed by atoms with E-state index in [-0.39, 0.29) is 17.7 Å². The lowest BCUT2D eigenvalue weighted by atomic mass is 10.0. The van der Waals surface area contributed by atoms with E-state index in [4.69, 9.17) is 0 Å². The summed E-state index contributed by atoms with van der Waals surface area (Å²) in [7, 11) is -2.96. The van der Waals surface area contributed by atoms with Gasteiger partial charge in [-0.2, -0.15) is 4.68 Å². The largest absolute Gasteiger partial charge is 0.502 e. The molecule has 11 heteroatoms. The lowest BCUT2D eigenvalue weighted by molar-refractivity contribution is -0.767. The number of aliphatic imine (C=N–C) groups is 1. The fraction of sp³-hybridized carbons (Fsp3) is 0.412. The molecule has 0 saturated carbocycles. The van der Waals surface area contributed by atoms with Gasteiger partial charge in [-0.15, -0.1) is 14.7 Å². The minimum Gasteiger partial charge on any atom is -0.257 e. The predicted molar refractivity (Wildman–Crippen MR) is 102 cm³/mol. The van der Waals surface area contributed by atoms with Gasteiger partial charge in [-0.3, -0.25) is 10.1 Å². The second-order valence-electron chi connectivity index (χ2n) is 6.91. The van der Waals surface area contributed by atoms with Gasteiger partial charge in [0.05, 0.1) is 23.4 Å². The van der Waals surface area contributed by atoms with E-state index in [0.29, 0.717) is 12.1 Å². The summed E-state index contributed by atoms with van der Waals surface area (Å²) in [5.41, 5.74) is 2.46. The van der Waals surface area contributed by atoms with E-state index in [1.54, 1.807) is 12.4 Å². The summed E-state index contributed by atoms with van der Waals surface area (Å²) in [4.78, 5) is 14.3. The zero-order chi connectivity index (χ0) is 19.7. The van der Waals surface area contributed by atoms with E-state index in [1.165, 1.54) is 15.5 Å². The molecule has 2 aliphatic heterocycles. The molecule has 28 heavy (non-hydrogen) atoms. The molecule has 2 aromatic rings. The summed E-state index contributed by atoms with van der Waals surface area (Å²) in [5, 5.41) is 18.8. The van der Waals surface area contributed by atoms with Crippen LogP contribution < -0.4 is 0 Å². The van der Waals surface area contributed by atoms with Crippen molar-refractivity contribution in [2.24, 2.45) is 4.99 Å². The van der Waals surface area contributed by atoms with Gasteiger partial charge in [0, 0.05) is 5.56 Å². The number of hydrogen-bond acceptors (Lipinski definition) is 7. The second kappa shape index (κ2) is 7.23. The van der Waals surface area contributed by atoms with Gasteiger partial charge in [0.2, 0.25) is 6.67 Å². The smallest absolute Gasteiger partial charge is 0.257 e. The van der Waals surface area contributed by atoms with Crippen molar-refractivity contribution in [2.75, 3.05) is 5.75 Å². The van der Waals surface area contributed by atoms with Crippen LogP contribution in [-0.2, 0) is 22.9 Å². The fourth-order valence-electron chi connectivity index (χ4n) is 3.49. The zero-order valence-electron chi connectivity index (χ0n) is 15.0. The first-order valence-electron chi connectivity index (χ1n) is 8.89. The Labute approximate surface area is 161 Å². The van der Waals surface area contributed by atoms with Crippen molar-refractivity contribution in [1.82, 2.24) is 15.0 Å². The quantitative estimate of drug-likeness (QED) is 0.398. The molecule has 1 aromatic carbocycles. The highest BCUT2D eigenvalue weighted by molar-refractivity contribution is 7.92.